The molecule has 0 aromatic heterocycles. The number of nitrogens with one attached hydrogen (secondary N) is 1. The first-order valence-corrected chi connectivity index (χ1v) is 9.40. The molecule has 0 saturated carbocycles. The van der Waals surface area contributed by atoms with Gasteiger partial charge in [0.2, 0.25) is 0 Å². The number of carbonyl (C=O) groups is 1. The Morgan fingerprint density at radius 3 is 1.65 bits per heavy atom. The van der Waals surface area contributed by atoms with Crippen LogP contribution in [0.4, 0.5) is 0 Å². The van der Waals surface area contributed by atoms with Crippen molar-refractivity contribution in [3.63, 3.8) is 0 Å². The summed E-state index contributed by atoms with van der Waals surface area (Å²) in [6.45, 7) is 21.6. The Kier molecular flexibility index (Phi) is 63.1. The maximum Gasteiger partial charge on any atom is 0.116 e. The average Bonchev–Trinajstić information content (AvgIpc) is 2.57. The quantitative estimate of drug-likeness (QED) is 0.467. The third-order valence-electron chi connectivity index (χ3n) is 2.51. The van der Waals surface area contributed by atoms with Crippen LogP contribution in [0.1, 0.15) is 81.1 Å². The normalized spacial score (nSPS) is 9.35. The van der Waals surface area contributed by atoms with Gasteiger partial charge in [-0.3, -0.25) is 0 Å². The Bertz CT molecular complexity index is 167. The molecule has 0 fully saturated rings. The van der Waals surface area contributed by atoms with Crippen molar-refractivity contribution in [3.8, 4) is 0 Å². The molecule has 0 aromatic carbocycles. The van der Waals surface area contributed by atoms with Crippen molar-refractivity contribution >= 4 is 6.29 Å². The van der Waals surface area contributed by atoms with Crippen LogP contribution in [0.15, 0.2) is 12.7 Å². The molecular weight excluding hydrogens is 284 g/mol. The van der Waals surface area contributed by atoms with E-state index in [1.807, 2.05) is 34.6 Å². The molecule has 0 rings (SSSR count). The highest BCUT2D eigenvalue weighted by Crippen LogP contribution is 2.02. The van der Waals surface area contributed by atoms with Gasteiger partial charge in [-0.1, -0.05) is 54.0 Å². The van der Waals surface area contributed by atoms with Crippen molar-refractivity contribution in [2.45, 2.75) is 87.1 Å². The van der Waals surface area contributed by atoms with E-state index in [9.17, 15) is 0 Å². The van der Waals surface area contributed by atoms with Gasteiger partial charge < -0.3 is 15.0 Å². The van der Waals surface area contributed by atoms with Crippen molar-refractivity contribution in [2.75, 3.05) is 27.2 Å². The van der Waals surface area contributed by atoms with E-state index in [1.165, 1.54) is 45.7 Å². The second-order valence-corrected chi connectivity index (χ2v) is 4.51. The number of nitrogens with zero attached hydrogens (tertiary/aromatic N) is 1. The van der Waals surface area contributed by atoms with E-state index < -0.39 is 0 Å². The topological polar surface area (TPSA) is 32.3 Å². The Balaban J connectivity index is -0.0000000897. The highest BCUT2D eigenvalue weighted by Gasteiger charge is 2.05. The SMILES string of the molecule is C=CC.CC.CC.CC=O.CCCC(CCN(C)CCC)NC. The Morgan fingerprint density at radius 1 is 1.00 bits per heavy atom. The predicted molar refractivity (Wildman–Crippen MR) is 110 cm³/mol. The second-order valence-electron chi connectivity index (χ2n) is 4.51. The van der Waals surface area contributed by atoms with E-state index in [0.717, 1.165) is 6.29 Å². The maximum absolute atomic E-state index is 8.81. The standard InChI is InChI=1S/C11H26N2.C3H6.C2H4O.2C2H6/c1-5-7-11(12-3)8-10-13(4)9-6-2;1-3-2;1-2-3;2*1-2/h11-12H,5-10H2,1-4H3;3H,1H2,2H3;2H,1H3;2*1-2H3. The minimum atomic E-state index is 0.712. The zero-order chi connectivity index (χ0) is 19.5. The molecule has 3 nitrogen and oxygen atoms in total. The number of allylic oxidation sites excluding steroid dienone is 1. The van der Waals surface area contributed by atoms with Crippen molar-refractivity contribution < 1.29 is 4.79 Å². The fourth-order valence-corrected chi connectivity index (χ4v) is 1.65. The molecular formula is C20H48N2O. The molecule has 0 aliphatic heterocycles. The van der Waals surface area contributed by atoms with Gasteiger partial charge in [-0.05, 0) is 60.3 Å². The summed E-state index contributed by atoms with van der Waals surface area (Å²) in [5.41, 5.74) is 0. The van der Waals surface area contributed by atoms with Crippen molar-refractivity contribution in [3.05, 3.63) is 12.7 Å². The van der Waals surface area contributed by atoms with E-state index in [2.05, 4.69) is 44.7 Å². The minimum absolute atomic E-state index is 0.712. The largest absolute Gasteiger partial charge is 0.317 e. The van der Waals surface area contributed by atoms with Gasteiger partial charge in [0.15, 0.2) is 0 Å². The van der Waals surface area contributed by atoms with Gasteiger partial charge in [-0.15, -0.1) is 6.58 Å². The number of rotatable bonds is 8. The van der Waals surface area contributed by atoms with E-state index in [4.69, 9.17) is 4.79 Å². The number of hydrogen-bond acceptors (Lipinski definition) is 3. The van der Waals surface area contributed by atoms with Crippen LogP contribution in [-0.4, -0.2) is 44.4 Å². The summed E-state index contributed by atoms with van der Waals surface area (Å²) in [5, 5.41) is 3.37. The van der Waals surface area contributed by atoms with Crippen molar-refractivity contribution in [2.24, 2.45) is 0 Å². The van der Waals surface area contributed by atoms with E-state index in [1.54, 1.807) is 6.08 Å². The van der Waals surface area contributed by atoms with Crippen LogP contribution >= 0.6 is 0 Å². The molecule has 0 saturated heterocycles. The van der Waals surface area contributed by atoms with Gasteiger partial charge in [0.25, 0.3) is 0 Å². The molecule has 0 spiro atoms. The third-order valence-corrected chi connectivity index (χ3v) is 2.51. The van der Waals surface area contributed by atoms with Gasteiger partial charge in [-0.25, -0.2) is 0 Å². The summed E-state index contributed by atoms with van der Waals surface area (Å²) in [6.07, 6.45) is 7.62. The van der Waals surface area contributed by atoms with Crippen molar-refractivity contribution in [1.29, 1.82) is 0 Å². The number of carbonyl (C=O) groups excluding carboxylic acids is 1. The summed E-state index contributed by atoms with van der Waals surface area (Å²) in [4.78, 5) is 11.2. The monoisotopic (exact) mass is 332 g/mol. The van der Waals surface area contributed by atoms with Gasteiger partial charge in [0, 0.05) is 6.04 Å². The molecule has 1 atom stereocenters. The first-order valence-electron chi connectivity index (χ1n) is 9.40. The summed E-state index contributed by atoms with van der Waals surface area (Å²) >= 11 is 0. The molecule has 1 N–H and O–H groups in total. The van der Waals surface area contributed by atoms with Crippen molar-refractivity contribution in [1.82, 2.24) is 10.2 Å². The average molecular weight is 333 g/mol. The second kappa shape index (κ2) is 42.9. The fourth-order valence-electron chi connectivity index (χ4n) is 1.65. The molecule has 0 aromatic rings. The van der Waals surface area contributed by atoms with Gasteiger partial charge in [-0.2, -0.15) is 0 Å². The lowest BCUT2D eigenvalue weighted by Crippen LogP contribution is -2.31. The maximum atomic E-state index is 8.81. The number of hydrogen-bond donors (Lipinski definition) is 1. The molecule has 1 unspecified atom stereocenters. The molecule has 0 aliphatic carbocycles. The predicted octanol–water partition coefficient (Wildman–Crippen LogP) is 5.56. The van der Waals surface area contributed by atoms with Gasteiger partial charge in [0.1, 0.15) is 6.29 Å². The third kappa shape index (κ3) is 52.4. The molecule has 0 amide bonds. The van der Waals surface area contributed by atoms with Crippen LogP contribution in [0, 0.1) is 0 Å². The Hall–Kier alpha value is -0.670. The van der Waals surface area contributed by atoms with Crippen LogP contribution in [0.25, 0.3) is 0 Å². The Labute approximate surface area is 148 Å². The smallest absolute Gasteiger partial charge is 0.116 e. The molecule has 23 heavy (non-hydrogen) atoms. The lowest BCUT2D eigenvalue weighted by molar-refractivity contribution is -0.106. The van der Waals surface area contributed by atoms with Crippen LogP contribution in [-0.2, 0) is 4.79 Å². The van der Waals surface area contributed by atoms with Crippen LogP contribution in [0.3, 0.4) is 0 Å². The molecule has 3 heteroatoms. The van der Waals surface area contributed by atoms with E-state index in [0.29, 0.717) is 6.04 Å². The Morgan fingerprint density at radius 2 is 1.39 bits per heavy atom. The summed E-state index contributed by atoms with van der Waals surface area (Å²) < 4.78 is 0. The number of aldehydes is 1. The first-order chi connectivity index (χ1) is 11.1. The summed E-state index contributed by atoms with van der Waals surface area (Å²) in [7, 11) is 4.28. The fraction of sp³-hybridized carbons (Fsp3) is 0.850. The highest BCUT2D eigenvalue weighted by molar-refractivity contribution is 5.44. The van der Waals surface area contributed by atoms with Crippen LogP contribution < -0.4 is 5.32 Å². The zero-order valence-electron chi connectivity index (χ0n) is 18.0. The lowest BCUT2D eigenvalue weighted by Gasteiger charge is -2.20. The van der Waals surface area contributed by atoms with E-state index >= 15 is 0 Å². The highest BCUT2D eigenvalue weighted by atomic mass is 16.1. The molecule has 0 heterocycles. The minimum Gasteiger partial charge on any atom is -0.317 e. The zero-order valence-corrected chi connectivity index (χ0v) is 18.0. The molecule has 0 radical (unpaired) electrons. The van der Waals surface area contributed by atoms with Gasteiger partial charge >= 0.3 is 0 Å². The molecule has 0 bridgehead atoms. The summed E-state index contributed by atoms with van der Waals surface area (Å²) in [5.74, 6) is 0. The van der Waals surface area contributed by atoms with Crippen LogP contribution in [0.2, 0.25) is 0 Å². The molecule has 144 valence electrons. The van der Waals surface area contributed by atoms with E-state index in [-0.39, 0.29) is 0 Å². The van der Waals surface area contributed by atoms with Crippen LogP contribution in [0.5, 0.6) is 0 Å². The molecule has 0 aliphatic rings. The van der Waals surface area contributed by atoms with Gasteiger partial charge in [0.05, 0.1) is 0 Å². The summed E-state index contributed by atoms with van der Waals surface area (Å²) in [6, 6.07) is 0.712. The lowest BCUT2D eigenvalue weighted by atomic mass is 10.1. The first kappa shape index (κ1) is 33.8.